The lowest BCUT2D eigenvalue weighted by molar-refractivity contribution is 0.220. The van der Waals surface area contributed by atoms with Crippen molar-refractivity contribution in [2.75, 3.05) is 23.8 Å². The Labute approximate surface area is 224 Å². The number of nitriles is 2. The highest BCUT2D eigenvalue weighted by Gasteiger charge is 2.42. The maximum atomic E-state index is 15.1. The zero-order valence-electron chi connectivity index (χ0n) is 23.0. The molecule has 2 N–H and O–H groups in total. The summed E-state index contributed by atoms with van der Waals surface area (Å²) in [6, 6.07) is 13.2. The lowest BCUT2D eigenvalue weighted by Crippen LogP contribution is -2.45. The van der Waals surface area contributed by atoms with Crippen molar-refractivity contribution in [2.45, 2.75) is 58.2 Å². The predicted molar refractivity (Wildman–Crippen MR) is 150 cm³/mol. The minimum Gasteiger partial charge on any atom is -0.416 e. The second-order valence-electron chi connectivity index (χ2n) is 11.7. The minimum absolute atomic E-state index is 0.0660. The number of nitrogens with zero attached hydrogens (tertiary/aromatic N) is 4. The molecule has 196 valence electrons. The third-order valence-corrected chi connectivity index (χ3v) is 12.2. The highest BCUT2D eigenvalue weighted by molar-refractivity contribution is 6.74. The molecule has 1 aromatic heterocycles. The van der Waals surface area contributed by atoms with Crippen LogP contribution in [-0.4, -0.2) is 31.4 Å². The Bertz CT molecular complexity index is 1480. The number of hydrogen-bond acceptors (Lipinski definition) is 7. The fourth-order valence-electron chi connectivity index (χ4n) is 4.17. The molecule has 4 rings (SSSR count). The summed E-state index contributed by atoms with van der Waals surface area (Å²) in [7, 11) is -2.01. The van der Waals surface area contributed by atoms with Crippen LogP contribution in [0.3, 0.4) is 0 Å². The fourth-order valence-corrected chi connectivity index (χ4v) is 5.29. The molecule has 0 fully saturated rings. The van der Waals surface area contributed by atoms with E-state index < -0.39 is 19.5 Å². The van der Waals surface area contributed by atoms with Crippen LogP contribution in [0.5, 0.6) is 0 Å². The van der Waals surface area contributed by atoms with E-state index in [1.54, 1.807) is 18.2 Å². The van der Waals surface area contributed by atoms with E-state index in [-0.39, 0.29) is 16.7 Å². The van der Waals surface area contributed by atoms with Gasteiger partial charge in [0.05, 0.1) is 29.1 Å². The Hall–Kier alpha value is -3.79. The average molecular weight is 529 g/mol. The first-order valence-corrected chi connectivity index (χ1v) is 15.5. The number of benzene rings is 2. The van der Waals surface area contributed by atoms with Crippen molar-refractivity contribution in [1.29, 1.82) is 10.5 Å². The molecule has 1 aliphatic rings. The number of anilines is 3. The topological polar surface area (TPSA) is 107 Å². The summed E-state index contributed by atoms with van der Waals surface area (Å²) in [5.74, 6) is -0.396. The van der Waals surface area contributed by atoms with Crippen LogP contribution in [0.15, 0.2) is 36.5 Å². The van der Waals surface area contributed by atoms with Gasteiger partial charge in [0.1, 0.15) is 11.8 Å². The van der Waals surface area contributed by atoms with Crippen LogP contribution >= 0.6 is 0 Å². The van der Waals surface area contributed by atoms with Gasteiger partial charge in [0.15, 0.2) is 14.1 Å². The van der Waals surface area contributed by atoms with Crippen LogP contribution in [0.4, 0.5) is 21.7 Å². The molecule has 0 saturated heterocycles. The van der Waals surface area contributed by atoms with Gasteiger partial charge in [-0.25, -0.2) is 14.4 Å². The molecule has 7 nitrogen and oxygen atoms in total. The van der Waals surface area contributed by atoms with Crippen molar-refractivity contribution in [1.82, 2.24) is 9.97 Å². The van der Waals surface area contributed by atoms with Crippen molar-refractivity contribution < 1.29 is 8.82 Å². The van der Waals surface area contributed by atoms with E-state index in [1.807, 2.05) is 19.1 Å². The Morgan fingerprint density at radius 2 is 1.92 bits per heavy atom. The standard InChI is InChI=1S/C29H33FN6OSi/c1-18-8-9-19(13-31)10-24(18)35-27-33-15-23(30)26(36-27)20-11-21(14-32)25-22(12-20)29(5,16-34-25)17-37-38(6,7)28(2,3)4/h8-12,15,34H,16-17H2,1-7H3,(H,33,35,36)/t29-/m1/s1. The lowest BCUT2D eigenvalue weighted by atomic mass is 9.83. The normalized spacial score (nSPS) is 16.8. The average Bonchev–Trinajstić information content (AvgIpc) is 3.21. The molecule has 3 aromatic rings. The van der Waals surface area contributed by atoms with Crippen LogP contribution in [0.2, 0.25) is 18.1 Å². The summed E-state index contributed by atoms with van der Waals surface area (Å²) in [6.07, 6.45) is 1.12. The van der Waals surface area contributed by atoms with E-state index >= 15 is 4.39 Å². The van der Waals surface area contributed by atoms with E-state index in [0.717, 1.165) is 23.0 Å². The smallest absolute Gasteiger partial charge is 0.227 e. The second-order valence-corrected chi connectivity index (χ2v) is 16.5. The lowest BCUT2D eigenvalue weighted by Gasteiger charge is -2.39. The van der Waals surface area contributed by atoms with Gasteiger partial charge in [-0.05, 0) is 60.4 Å². The highest BCUT2D eigenvalue weighted by atomic mass is 28.4. The Morgan fingerprint density at radius 3 is 2.58 bits per heavy atom. The van der Waals surface area contributed by atoms with E-state index in [2.05, 4.69) is 73.5 Å². The SMILES string of the molecule is Cc1ccc(C#N)cc1Nc1ncc(F)c(-c2cc(C#N)c3c(c2)[C@@](C)(CO[Si](C)(C)C(C)(C)C)CN3)n1. The van der Waals surface area contributed by atoms with Crippen molar-refractivity contribution in [3.05, 3.63) is 64.6 Å². The number of hydrogen-bond donors (Lipinski definition) is 2. The van der Waals surface area contributed by atoms with Gasteiger partial charge in [-0.2, -0.15) is 10.5 Å². The third-order valence-electron chi connectivity index (χ3n) is 7.75. The van der Waals surface area contributed by atoms with Gasteiger partial charge < -0.3 is 15.1 Å². The number of fused-ring (bicyclic) bond motifs is 1. The summed E-state index contributed by atoms with van der Waals surface area (Å²) < 4.78 is 21.7. The zero-order valence-corrected chi connectivity index (χ0v) is 24.0. The summed E-state index contributed by atoms with van der Waals surface area (Å²) in [6.45, 7) is 16.2. The molecule has 0 unspecified atom stereocenters. The molecule has 1 aliphatic heterocycles. The van der Waals surface area contributed by atoms with E-state index in [1.165, 1.54) is 0 Å². The monoisotopic (exact) mass is 528 g/mol. The minimum atomic E-state index is -2.01. The number of rotatable bonds is 6. The number of halogens is 1. The van der Waals surface area contributed by atoms with Gasteiger partial charge in [-0.15, -0.1) is 0 Å². The molecule has 0 saturated carbocycles. The van der Waals surface area contributed by atoms with Gasteiger partial charge in [0.25, 0.3) is 0 Å². The molecular formula is C29H33FN6OSi. The second kappa shape index (κ2) is 9.83. The van der Waals surface area contributed by atoms with Gasteiger partial charge in [-0.3, -0.25) is 0 Å². The van der Waals surface area contributed by atoms with Crippen LogP contribution in [0.1, 0.15) is 49.9 Å². The molecule has 0 radical (unpaired) electrons. The first-order valence-electron chi connectivity index (χ1n) is 12.6. The molecule has 0 bridgehead atoms. The number of aryl methyl sites for hydroxylation is 1. The number of nitrogens with one attached hydrogen (secondary N) is 2. The Morgan fingerprint density at radius 1 is 1.18 bits per heavy atom. The van der Waals surface area contributed by atoms with Gasteiger partial charge >= 0.3 is 0 Å². The third kappa shape index (κ3) is 5.13. The maximum absolute atomic E-state index is 15.1. The predicted octanol–water partition coefficient (Wildman–Crippen LogP) is 6.78. The summed E-state index contributed by atoms with van der Waals surface area (Å²) >= 11 is 0. The largest absolute Gasteiger partial charge is 0.416 e. The Balaban J connectivity index is 1.73. The van der Waals surface area contributed by atoms with Gasteiger partial charge in [0.2, 0.25) is 5.95 Å². The molecule has 0 aliphatic carbocycles. The molecule has 2 heterocycles. The van der Waals surface area contributed by atoms with E-state index in [9.17, 15) is 10.5 Å². The summed E-state index contributed by atoms with van der Waals surface area (Å²) in [5, 5.41) is 25.7. The van der Waals surface area contributed by atoms with Gasteiger partial charge in [0, 0.05) is 29.8 Å². The van der Waals surface area contributed by atoms with Crippen molar-refractivity contribution in [3.8, 4) is 23.4 Å². The molecule has 1 atom stereocenters. The molecular weight excluding hydrogens is 495 g/mol. The molecule has 38 heavy (non-hydrogen) atoms. The van der Waals surface area contributed by atoms with Crippen LogP contribution in [0, 0.1) is 35.4 Å². The van der Waals surface area contributed by atoms with Crippen molar-refractivity contribution in [3.63, 3.8) is 0 Å². The Kier molecular flexibility index (Phi) is 7.05. The first-order chi connectivity index (χ1) is 17.8. The van der Waals surface area contributed by atoms with Crippen molar-refractivity contribution >= 4 is 25.6 Å². The maximum Gasteiger partial charge on any atom is 0.227 e. The molecule has 2 aromatic carbocycles. The quantitative estimate of drug-likeness (QED) is 0.340. The van der Waals surface area contributed by atoms with Crippen LogP contribution in [0.25, 0.3) is 11.3 Å². The van der Waals surface area contributed by atoms with Crippen LogP contribution < -0.4 is 10.6 Å². The fraction of sp³-hybridized carbons (Fsp3) is 0.379. The summed E-state index contributed by atoms with van der Waals surface area (Å²) in [4.78, 5) is 8.57. The molecule has 0 spiro atoms. The van der Waals surface area contributed by atoms with E-state index in [0.29, 0.717) is 35.5 Å². The summed E-state index contributed by atoms with van der Waals surface area (Å²) in [5.41, 5.74) is 4.33. The molecule has 0 amide bonds. The zero-order chi connectivity index (χ0) is 27.9. The number of aromatic nitrogens is 2. The van der Waals surface area contributed by atoms with Gasteiger partial charge in [-0.1, -0.05) is 33.8 Å². The first kappa shape index (κ1) is 27.2. The molecule has 9 heteroatoms. The van der Waals surface area contributed by atoms with Crippen LogP contribution in [-0.2, 0) is 9.84 Å². The highest BCUT2D eigenvalue weighted by Crippen LogP contribution is 2.44. The van der Waals surface area contributed by atoms with Crippen molar-refractivity contribution in [2.24, 2.45) is 0 Å². The van der Waals surface area contributed by atoms with E-state index in [4.69, 9.17) is 4.43 Å².